The highest BCUT2D eigenvalue weighted by atomic mass is 32.1. The van der Waals surface area contributed by atoms with E-state index < -0.39 is 0 Å². The van der Waals surface area contributed by atoms with Gasteiger partial charge in [0.25, 0.3) is 5.91 Å². The largest absolute Gasteiger partial charge is 0.484 e. The van der Waals surface area contributed by atoms with Crippen LogP contribution >= 0.6 is 11.3 Å². The van der Waals surface area contributed by atoms with Crippen LogP contribution in [0.1, 0.15) is 5.01 Å². The van der Waals surface area contributed by atoms with Crippen molar-refractivity contribution in [3.8, 4) is 5.75 Å². The van der Waals surface area contributed by atoms with E-state index in [-0.39, 0.29) is 18.3 Å². The first-order chi connectivity index (χ1) is 9.24. The molecule has 1 amide bonds. The van der Waals surface area contributed by atoms with Gasteiger partial charge in [0.05, 0.1) is 5.01 Å². The summed E-state index contributed by atoms with van der Waals surface area (Å²) < 4.78 is 17.9. The highest BCUT2D eigenvalue weighted by Crippen LogP contribution is 2.10. The normalized spacial score (nSPS) is 10.2. The molecule has 0 bridgehead atoms. The monoisotopic (exact) mass is 280 g/mol. The van der Waals surface area contributed by atoms with Gasteiger partial charge in [0.2, 0.25) is 0 Å². The van der Waals surface area contributed by atoms with E-state index in [1.54, 1.807) is 17.5 Å². The number of carbonyl (C=O) groups excluding carboxylic acids is 1. The lowest BCUT2D eigenvalue weighted by molar-refractivity contribution is -0.123. The quantitative estimate of drug-likeness (QED) is 0.880. The molecule has 100 valence electrons. The lowest BCUT2D eigenvalue weighted by Gasteiger charge is -2.06. The fourth-order valence-electron chi connectivity index (χ4n) is 1.42. The highest BCUT2D eigenvalue weighted by molar-refractivity contribution is 7.09. The van der Waals surface area contributed by atoms with Crippen molar-refractivity contribution in [1.82, 2.24) is 10.3 Å². The minimum Gasteiger partial charge on any atom is -0.484 e. The van der Waals surface area contributed by atoms with Gasteiger partial charge in [0, 0.05) is 24.5 Å². The van der Waals surface area contributed by atoms with Crippen LogP contribution in [-0.2, 0) is 11.2 Å². The van der Waals surface area contributed by atoms with Crippen molar-refractivity contribution in [2.75, 3.05) is 13.2 Å². The Morgan fingerprint density at radius 1 is 1.37 bits per heavy atom. The van der Waals surface area contributed by atoms with Gasteiger partial charge >= 0.3 is 0 Å². The maximum absolute atomic E-state index is 12.6. The number of amides is 1. The topological polar surface area (TPSA) is 51.2 Å². The molecule has 0 saturated heterocycles. The lowest BCUT2D eigenvalue weighted by atomic mass is 10.3. The lowest BCUT2D eigenvalue weighted by Crippen LogP contribution is -2.30. The first kappa shape index (κ1) is 13.5. The Morgan fingerprint density at radius 2 is 2.16 bits per heavy atom. The number of hydrogen-bond donors (Lipinski definition) is 1. The summed E-state index contributed by atoms with van der Waals surface area (Å²) >= 11 is 1.56. The average Bonchev–Trinajstić information content (AvgIpc) is 2.91. The predicted molar refractivity (Wildman–Crippen MR) is 70.7 cm³/mol. The molecule has 2 aromatic rings. The summed E-state index contributed by atoms with van der Waals surface area (Å²) in [5.74, 6) is -0.0717. The third-order valence-corrected chi connectivity index (χ3v) is 3.17. The Morgan fingerprint density at radius 3 is 2.84 bits per heavy atom. The first-order valence-corrected chi connectivity index (χ1v) is 6.65. The summed E-state index contributed by atoms with van der Waals surface area (Å²) in [7, 11) is 0. The van der Waals surface area contributed by atoms with Crippen LogP contribution in [0.4, 0.5) is 4.39 Å². The van der Waals surface area contributed by atoms with Gasteiger partial charge in [0.1, 0.15) is 11.6 Å². The second-order valence-electron chi connectivity index (χ2n) is 3.77. The number of carbonyl (C=O) groups is 1. The van der Waals surface area contributed by atoms with Crippen molar-refractivity contribution in [1.29, 1.82) is 0 Å². The fraction of sp³-hybridized carbons (Fsp3) is 0.231. The van der Waals surface area contributed by atoms with Crippen LogP contribution in [0.3, 0.4) is 0 Å². The zero-order valence-electron chi connectivity index (χ0n) is 10.1. The molecule has 0 aliphatic carbocycles. The molecule has 1 N–H and O–H groups in total. The Labute approximate surface area is 114 Å². The Hall–Kier alpha value is -1.95. The molecule has 4 nitrogen and oxygen atoms in total. The van der Waals surface area contributed by atoms with Crippen molar-refractivity contribution >= 4 is 17.2 Å². The van der Waals surface area contributed by atoms with Crippen molar-refractivity contribution in [2.45, 2.75) is 6.42 Å². The Bertz CT molecular complexity index is 514. The minimum atomic E-state index is -0.333. The van der Waals surface area contributed by atoms with Gasteiger partial charge in [-0.2, -0.15) is 0 Å². The van der Waals surface area contributed by atoms with Gasteiger partial charge in [-0.05, 0) is 24.3 Å². The molecule has 1 aromatic heterocycles. The van der Waals surface area contributed by atoms with Crippen LogP contribution in [0, 0.1) is 5.82 Å². The van der Waals surface area contributed by atoms with Gasteiger partial charge < -0.3 is 10.1 Å². The fourth-order valence-corrected chi connectivity index (χ4v) is 2.04. The molecular weight excluding hydrogens is 267 g/mol. The van der Waals surface area contributed by atoms with Gasteiger partial charge in [-0.1, -0.05) is 0 Å². The van der Waals surface area contributed by atoms with E-state index >= 15 is 0 Å². The number of thiazole rings is 1. The third kappa shape index (κ3) is 4.67. The van der Waals surface area contributed by atoms with Gasteiger partial charge in [-0.25, -0.2) is 9.37 Å². The van der Waals surface area contributed by atoms with E-state index in [1.165, 1.54) is 24.3 Å². The molecule has 0 unspecified atom stereocenters. The first-order valence-electron chi connectivity index (χ1n) is 5.77. The number of benzene rings is 1. The van der Waals surface area contributed by atoms with E-state index in [9.17, 15) is 9.18 Å². The number of hydrogen-bond acceptors (Lipinski definition) is 4. The number of rotatable bonds is 6. The van der Waals surface area contributed by atoms with Gasteiger partial charge in [0.15, 0.2) is 6.61 Å². The van der Waals surface area contributed by atoms with Crippen LogP contribution in [0.15, 0.2) is 35.8 Å². The summed E-state index contributed by atoms with van der Waals surface area (Å²) in [5.41, 5.74) is 0. The summed E-state index contributed by atoms with van der Waals surface area (Å²) in [6, 6.07) is 5.54. The SMILES string of the molecule is O=C(COc1ccc(F)cc1)NCCc1nccs1. The minimum absolute atomic E-state index is 0.0799. The van der Waals surface area contributed by atoms with Crippen LogP contribution in [0.2, 0.25) is 0 Å². The zero-order valence-corrected chi connectivity index (χ0v) is 11.0. The summed E-state index contributed by atoms with van der Waals surface area (Å²) in [6.07, 6.45) is 2.44. The van der Waals surface area contributed by atoms with Crippen molar-refractivity contribution < 1.29 is 13.9 Å². The standard InChI is InChI=1S/C13H13FN2O2S/c14-10-1-3-11(4-2-10)18-9-12(17)15-6-5-13-16-7-8-19-13/h1-4,7-8H,5-6,9H2,(H,15,17). The molecule has 0 radical (unpaired) electrons. The van der Waals surface area contributed by atoms with E-state index in [4.69, 9.17) is 4.74 Å². The molecule has 1 aromatic carbocycles. The number of nitrogens with zero attached hydrogens (tertiary/aromatic N) is 1. The number of aromatic nitrogens is 1. The van der Waals surface area contributed by atoms with E-state index in [1.807, 2.05) is 5.38 Å². The molecule has 0 aliphatic heterocycles. The van der Waals surface area contributed by atoms with Gasteiger partial charge in [-0.15, -0.1) is 11.3 Å². The van der Waals surface area contributed by atoms with Crippen LogP contribution in [0.5, 0.6) is 5.75 Å². The zero-order chi connectivity index (χ0) is 13.5. The van der Waals surface area contributed by atoms with Crippen molar-refractivity contribution in [2.24, 2.45) is 0 Å². The summed E-state index contributed by atoms with van der Waals surface area (Å²) in [6.45, 7) is 0.447. The summed E-state index contributed by atoms with van der Waals surface area (Å²) in [5, 5.41) is 5.61. The highest BCUT2D eigenvalue weighted by Gasteiger charge is 2.03. The Balaban J connectivity index is 1.65. The van der Waals surface area contributed by atoms with Crippen LogP contribution < -0.4 is 10.1 Å². The molecule has 0 spiro atoms. The van der Waals surface area contributed by atoms with Crippen molar-refractivity contribution in [3.05, 3.63) is 46.7 Å². The smallest absolute Gasteiger partial charge is 0.257 e. The molecule has 0 fully saturated rings. The molecular formula is C13H13FN2O2S. The molecule has 0 saturated carbocycles. The maximum Gasteiger partial charge on any atom is 0.257 e. The molecule has 1 heterocycles. The van der Waals surface area contributed by atoms with Crippen molar-refractivity contribution in [3.63, 3.8) is 0 Å². The van der Waals surface area contributed by atoms with Crippen LogP contribution in [-0.4, -0.2) is 24.0 Å². The van der Waals surface area contributed by atoms with E-state index in [0.29, 0.717) is 18.7 Å². The number of nitrogens with one attached hydrogen (secondary N) is 1. The number of halogens is 1. The third-order valence-electron chi connectivity index (χ3n) is 2.33. The predicted octanol–water partition coefficient (Wildman–Crippen LogP) is 2.02. The molecule has 0 atom stereocenters. The maximum atomic E-state index is 12.6. The number of ether oxygens (including phenoxy) is 1. The average molecular weight is 280 g/mol. The molecule has 0 aliphatic rings. The second kappa shape index (κ2) is 6.84. The van der Waals surface area contributed by atoms with E-state index in [2.05, 4.69) is 10.3 Å². The van der Waals surface area contributed by atoms with Gasteiger partial charge in [-0.3, -0.25) is 4.79 Å². The van der Waals surface area contributed by atoms with E-state index in [0.717, 1.165) is 5.01 Å². The molecule has 6 heteroatoms. The van der Waals surface area contributed by atoms with Crippen LogP contribution in [0.25, 0.3) is 0 Å². The molecule has 2 rings (SSSR count). The summed E-state index contributed by atoms with van der Waals surface area (Å²) in [4.78, 5) is 15.6. The Kier molecular flexibility index (Phi) is 4.85. The molecule has 19 heavy (non-hydrogen) atoms. The second-order valence-corrected chi connectivity index (χ2v) is 4.75.